The number of nitro benzene ring substituents is 1. The summed E-state index contributed by atoms with van der Waals surface area (Å²) >= 11 is 6.06. The Bertz CT molecular complexity index is 1180. The number of hydrogen-bond donors (Lipinski definition) is 0. The molecule has 0 N–H and O–H groups in total. The first kappa shape index (κ1) is 25.6. The number of hydrogen-bond acceptors (Lipinski definition) is 8. The van der Waals surface area contributed by atoms with Crippen molar-refractivity contribution in [2.75, 3.05) is 31.7 Å². The lowest BCUT2D eigenvalue weighted by molar-refractivity contribution is -0.384. The summed E-state index contributed by atoms with van der Waals surface area (Å²) < 4.78 is 10.5. The highest BCUT2D eigenvalue weighted by Gasteiger charge is 2.09. The molecule has 9 nitrogen and oxygen atoms in total. The average molecular weight is 497 g/mol. The van der Waals surface area contributed by atoms with Crippen LogP contribution in [-0.4, -0.2) is 37.7 Å². The topological polar surface area (TPSA) is 107 Å². The Kier molecular flexibility index (Phi) is 9.14. The molecular formula is C25H25ClN4O5. The van der Waals surface area contributed by atoms with Crippen molar-refractivity contribution >= 4 is 40.3 Å². The first-order valence-corrected chi connectivity index (χ1v) is 11.3. The van der Waals surface area contributed by atoms with Crippen molar-refractivity contribution in [2.45, 2.75) is 13.3 Å². The fourth-order valence-corrected chi connectivity index (χ4v) is 3.43. The van der Waals surface area contributed by atoms with E-state index in [0.29, 0.717) is 24.5 Å². The molecule has 0 aliphatic rings. The number of carbonyl (C=O) groups excluding carboxylic acids is 1. The van der Waals surface area contributed by atoms with Crippen molar-refractivity contribution in [2.24, 2.45) is 10.2 Å². The smallest absolute Gasteiger partial charge is 0.309 e. The van der Waals surface area contributed by atoms with Crippen molar-refractivity contribution in [1.82, 2.24) is 0 Å². The molecular weight excluding hydrogens is 472 g/mol. The molecule has 0 unspecified atom stereocenters. The van der Waals surface area contributed by atoms with Crippen LogP contribution >= 0.6 is 11.6 Å². The van der Waals surface area contributed by atoms with E-state index in [1.807, 2.05) is 48.5 Å². The van der Waals surface area contributed by atoms with Gasteiger partial charge in [0.05, 0.1) is 35.7 Å². The highest BCUT2D eigenvalue weighted by atomic mass is 35.5. The molecule has 0 aliphatic carbocycles. The number of rotatable bonds is 11. The maximum Gasteiger partial charge on any atom is 0.309 e. The largest absolute Gasteiger partial charge is 0.492 e. The molecule has 3 aromatic rings. The molecule has 3 aromatic carbocycles. The van der Waals surface area contributed by atoms with Crippen molar-refractivity contribution < 1.29 is 19.2 Å². The Morgan fingerprint density at radius 2 is 1.77 bits per heavy atom. The Morgan fingerprint density at radius 3 is 2.37 bits per heavy atom. The van der Waals surface area contributed by atoms with E-state index in [1.165, 1.54) is 25.3 Å². The van der Waals surface area contributed by atoms with Gasteiger partial charge in [-0.3, -0.25) is 14.9 Å². The molecule has 0 spiro atoms. The van der Waals surface area contributed by atoms with E-state index in [4.69, 9.17) is 16.3 Å². The predicted molar refractivity (Wildman–Crippen MR) is 134 cm³/mol. The minimum Gasteiger partial charge on any atom is -0.492 e. The van der Waals surface area contributed by atoms with Gasteiger partial charge in [-0.2, -0.15) is 5.11 Å². The number of halogens is 1. The summed E-state index contributed by atoms with van der Waals surface area (Å²) in [5, 5.41) is 19.2. The van der Waals surface area contributed by atoms with Gasteiger partial charge in [0.1, 0.15) is 18.0 Å². The standard InChI is InChI=1S/C25H25ClN4O5/c1-3-29(14-15-35-22-11-4-18(5-12-22)16-25(31)34-2)20-8-6-19(7-9-20)27-28-24-13-10-21(30(32)33)17-23(24)26/h4-13,17H,3,14-16H2,1-2H3. The van der Waals surface area contributed by atoms with E-state index in [-0.39, 0.29) is 23.1 Å². The fourth-order valence-electron chi connectivity index (χ4n) is 3.22. The van der Waals surface area contributed by atoms with Gasteiger partial charge in [0.15, 0.2) is 0 Å². The number of nitro groups is 1. The maximum atomic E-state index is 11.4. The van der Waals surface area contributed by atoms with Crippen LogP contribution in [0.15, 0.2) is 77.0 Å². The molecule has 0 aliphatic heterocycles. The van der Waals surface area contributed by atoms with Crippen LogP contribution in [0.2, 0.25) is 5.02 Å². The van der Waals surface area contributed by atoms with Crippen LogP contribution in [0.5, 0.6) is 5.75 Å². The number of ether oxygens (including phenoxy) is 2. The van der Waals surface area contributed by atoms with Gasteiger partial charge in [-0.05, 0) is 55.0 Å². The normalized spacial score (nSPS) is 10.8. The number of nitrogens with zero attached hydrogens (tertiary/aromatic N) is 4. The molecule has 3 rings (SSSR count). The number of benzene rings is 3. The number of carbonyl (C=O) groups is 1. The lowest BCUT2D eigenvalue weighted by Gasteiger charge is -2.23. The molecule has 0 radical (unpaired) electrons. The highest BCUT2D eigenvalue weighted by molar-refractivity contribution is 6.33. The van der Waals surface area contributed by atoms with Gasteiger partial charge in [-0.15, -0.1) is 5.11 Å². The lowest BCUT2D eigenvalue weighted by Crippen LogP contribution is -2.27. The van der Waals surface area contributed by atoms with E-state index in [9.17, 15) is 14.9 Å². The molecule has 0 aromatic heterocycles. The summed E-state index contributed by atoms with van der Waals surface area (Å²) in [5.41, 5.74) is 2.76. The second kappa shape index (κ2) is 12.5. The molecule has 10 heteroatoms. The lowest BCUT2D eigenvalue weighted by atomic mass is 10.1. The number of azo groups is 1. The minimum atomic E-state index is -0.515. The summed E-state index contributed by atoms with van der Waals surface area (Å²) in [4.78, 5) is 23.8. The minimum absolute atomic E-state index is 0.0995. The van der Waals surface area contributed by atoms with Crippen LogP contribution < -0.4 is 9.64 Å². The molecule has 35 heavy (non-hydrogen) atoms. The van der Waals surface area contributed by atoms with Crippen LogP contribution in [0.4, 0.5) is 22.7 Å². The Balaban J connectivity index is 1.54. The quantitative estimate of drug-likeness (QED) is 0.134. The Hall–Kier alpha value is -3.98. The number of methoxy groups -OCH3 is 1. The average Bonchev–Trinajstić information content (AvgIpc) is 2.87. The van der Waals surface area contributed by atoms with Crippen LogP contribution in [0.1, 0.15) is 12.5 Å². The van der Waals surface area contributed by atoms with E-state index in [1.54, 1.807) is 0 Å². The van der Waals surface area contributed by atoms with Crippen LogP contribution in [0.3, 0.4) is 0 Å². The number of non-ortho nitro benzene ring substituents is 1. The van der Waals surface area contributed by atoms with E-state index >= 15 is 0 Å². The van der Waals surface area contributed by atoms with Crippen LogP contribution in [0.25, 0.3) is 0 Å². The van der Waals surface area contributed by atoms with Crippen molar-refractivity contribution in [1.29, 1.82) is 0 Å². The Labute approximate surface area is 208 Å². The van der Waals surface area contributed by atoms with Crippen molar-refractivity contribution in [3.63, 3.8) is 0 Å². The third-order valence-electron chi connectivity index (χ3n) is 5.14. The summed E-state index contributed by atoms with van der Waals surface area (Å²) in [6.45, 7) is 4.02. The number of esters is 1. The summed E-state index contributed by atoms with van der Waals surface area (Å²) in [6, 6.07) is 19.0. The van der Waals surface area contributed by atoms with Crippen molar-refractivity contribution in [3.05, 3.63) is 87.4 Å². The zero-order chi connectivity index (χ0) is 25.2. The van der Waals surface area contributed by atoms with E-state index < -0.39 is 4.92 Å². The second-order valence-electron chi connectivity index (χ2n) is 7.43. The zero-order valence-electron chi connectivity index (χ0n) is 19.4. The second-order valence-corrected chi connectivity index (χ2v) is 7.84. The highest BCUT2D eigenvalue weighted by Crippen LogP contribution is 2.30. The molecule has 182 valence electrons. The SMILES string of the molecule is CCN(CCOc1ccc(CC(=O)OC)cc1)c1ccc(N=Nc2ccc([N+](=O)[O-])cc2Cl)cc1. The molecule has 0 fully saturated rings. The van der Waals surface area contributed by atoms with E-state index in [2.05, 4.69) is 26.8 Å². The van der Waals surface area contributed by atoms with Gasteiger partial charge >= 0.3 is 5.97 Å². The van der Waals surface area contributed by atoms with Crippen LogP contribution in [0, 0.1) is 10.1 Å². The number of likely N-dealkylation sites (N-methyl/N-ethyl adjacent to an activating group) is 1. The molecule has 0 heterocycles. The van der Waals surface area contributed by atoms with Crippen molar-refractivity contribution in [3.8, 4) is 5.75 Å². The first-order chi connectivity index (χ1) is 16.9. The molecule has 0 saturated heterocycles. The zero-order valence-corrected chi connectivity index (χ0v) is 20.1. The molecule has 0 amide bonds. The summed E-state index contributed by atoms with van der Waals surface area (Å²) in [7, 11) is 1.37. The van der Waals surface area contributed by atoms with Gasteiger partial charge < -0.3 is 14.4 Å². The van der Waals surface area contributed by atoms with Crippen LogP contribution in [-0.2, 0) is 16.0 Å². The molecule has 0 atom stereocenters. The Morgan fingerprint density at radius 1 is 1.06 bits per heavy atom. The monoisotopic (exact) mass is 496 g/mol. The third-order valence-corrected chi connectivity index (χ3v) is 5.44. The predicted octanol–water partition coefficient (Wildman–Crippen LogP) is 6.28. The van der Waals surface area contributed by atoms with Gasteiger partial charge in [0, 0.05) is 24.4 Å². The van der Waals surface area contributed by atoms with Gasteiger partial charge in [-0.25, -0.2) is 0 Å². The summed E-state index contributed by atoms with van der Waals surface area (Å²) in [5.74, 6) is 0.454. The number of anilines is 1. The van der Waals surface area contributed by atoms with Gasteiger partial charge in [-0.1, -0.05) is 23.7 Å². The first-order valence-electron chi connectivity index (χ1n) is 10.9. The molecule has 0 saturated carbocycles. The van der Waals surface area contributed by atoms with Gasteiger partial charge in [0.2, 0.25) is 0 Å². The molecule has 0 bridgehead atoms. The van der Waals surface area contributed by atoms with E-state index in [0.717, 1.165) is 23.5 Å². The summed E-state index contributed by atoms with van der Waals surface area (Å²) in [6.07, 6.45) is 0.233. The van der Waals surface area contributed by atoms with Gasteiger partial charge in [0.25, 0.3) is 5.69 Å². The third kappa shape index (κ3) is 7.51. The fraction of sp³-hybridized carbons (Fsp3) is 0.240. The maximum absolute atomic E-state index is 11.4.